The summed E-state index contributed by atoms with van der Waals surface area (Å²) < 4.78 is 0. The number of hydrogen-bond acceptors (Lipinski definition) is 6. The molecule has 7 heteroatoms. The number of anilines is 1. The van der Waals surface area contributed by atoms with Gasteiger partial charge in [0.25, 0.3) is 0 Å². The third-order valence-electron chi connectivity index (χ3n) is 9.74. The van der Waals surface area contributed by atoms with Crippen LogP contribution in [0.2, 0.25) is 0 Å². The molecule has 1 amide bonds. The molecule has 2 heterocycles. The Labute approximate surface area is 230 Å². The summed E-state index contributed by atoms with van der Waals surface area (Å²) in [5.41, 5.74) is 1.23. The van der Waals surface area contributed by atoms with Gasteiger partial charge < -0.3 is 15.3 Å². The average Bonchev–Trinajstić information content (AvgIpc) is 2.87. The highest BCUT2D eigenvalue weighted by Gasteiger charge is 2.30. The number of carbonyl (C=O) groups excluding carboxylic acids is 1. The van der Waals surface area contributed by atoms with Gasteiger partial charge in [0, 0.05) is 61.2 Å². The summed E-state index contributed by atoms with van der Waals surface area (Å²) in [6, 6.07) is 2.63. The third kappa shape index (κ3) is 7.07. The van der Waals surface area contributed by atoms with Gasteiger partial charge in [0.1, 0.15) is 11.6 Å². The van der Waals surface area contributed by atoms with Crippen molar-refractivity contribution in [2.24, 2.45) is 11.8 Å². The second-order valence-corrected chi connectivity index (χ2v) is 13.7. The molecule has 1 aliphatic heterocycles. The van der Waals surface area contributed by atoms with Crippen molar-refractivity contribution in [3.05, 3.63) is 17.6 Å². The zero-order valence-corrected chi connectivity index (χ0v) is 24.1. The van der Waals surface area contributed by atoms with E-state index >= 15 is 0 Å². The molecule has 2 N–H and O–H groups in total. The minimum Gasteiger partial charge on any atom is -0.393 e. The van der Waals surface area contributed by atoms with Gasteiger partial charge >= 0.3 is 0 Å². The number of nitrogens with zero attached hydrogens (tertiary/aromatic N) is 4. The summed E-state index contributed by atoms with van der Waals surface area (Å²) >= 11 is 0. The van der Waals surface area contributed by atoms with Crippen LogP contribution >= 0.6 is 0 Å². The van der Waals surface area contributed by atoms with Crippen molar-refractivity contribution in [1.82, 2.24) is 20.2 Å². The van der Waals surface area contributed by atoms with Crippen molar-refractivity contribution >= 4 is 11.7 Å². The van der Waals surface area contributed by atoms with Gasteiger partial charge in [-0.1, -0.05) is 27.2 Å². The maximum absolute atomic E-state index is 12.6. The SMILES string of the molecule is CC(C)(C)c1nc(C2CCC2)cc(N2CCN(CC[C@H]3CC[C@@H](NC(=O)[C@H]4CC[C@@H](O)CC4)CC3)CC2)n1. The molecule has 4 fully saturated rings. The third-order valence-corrected chi connectivity index (χ3v) is 9.74. The van der Waals surface area contributed by atoms with Crippen LogP contribution in [0.5, 0.6) is 0 Å². The fourth-order valence-electron chi connectivity index (χ4n) is 6.68. The molecule has 0 unspecified atom stereocenters. The molecule has 0 atom stereocenters. The molecule has 1 aromatic heterocycles. The Morgan fingerprint density at radius 2 is 1.63 bits per heavy atom. The number of aliphatic hydroxyl groups excluding tert-OH is 1. The normalized spacial score (nSPS) is 29.6. The van der Waals surface area contributed by atoms with E-state index in [4.69, 9.17) is 9.97 Å². The first-order chi connectivity index (χ1) is 18.2. The van der Waals surface area contributed by atoms with Crippen LogP contribution in [0.4, 0.5) is 5.82 Å². The standard InChI is InChI=1S/C31H51N5O2/c1-31(2,3)30-33-27(23-5-4-6-23)21-28(34-30)36-19-17-35(18-20-36)16-15-22-7-11-25(12-8-22)32-29(38)24-9-13-26(37)14-10-24/h21-26,37H,4-20H2,1-3H3,(H,32,38)/t22-,24-,25+,26+. The van der Waals surface area contributed by atoms with Gasteiger partial charge in [-0.25, -0.2) is 9.97 Å². The second-order valence-electron chi connectivity index (χ2n) is 13.7. The summed E-state index contributed by atoms with van der Waals surface area (Å²) in [4.78, 5) is 27.8. The number of rotatable bonds is 7. The van der Waals surface area contributed by atoms with E-state index in [9.17, 15) is 9.90 Å². The number of amides is 1. The van der Waals surface area contributed by atoms with Crippen LogP contribution in [-0.2, 0) is 10.2 Å². The van der Waals surface area contributed by atoms with Gasteiger partial charge in [-0.05, 0) is 83.1 Å². The van der Waals surface area contributed by atoms with Gasteiger partial charge in [0.2, 0.25) is 5.91 Å². The molecule has 4 aliphatic rings. The van der Waals surface area contributed by atoms with Crippen molar-refractivity contribution in [2.75, 3.05) is 37.6 Å². The molecule has 0 bridgehead atoms. The van der Waals surface area contributed by atoms with Gasteiger partial charge in [-0.3, -0.25) is 9.69 Å². The van der Waals surface area contributed by atoms with E-state index in [0.29, 0.717) is 12.0 Å². The number of nitrogens with one attached hydrogen (secondary N) is 1. The average molecular weight is 526 g/mol. The number of aliphatic hydroxyl groups is 1. The predicted octanol–water partition coefficient (Wildman–Crippen LogP) is 4.78. The van der Waals surface area contributed by atoms with E-state index < -0.39 is 0 Å². The summed E-state index contributed by atoms with van der Waals surface area (Å²) in [6.45, 7) is 12.1. The van der Waals surface area contributed by atoms with E-state index in [1.807, 2.05) is 0 Å². The second kappa shape index (κ2) is 12.2. The van der Waals surface area contributed by atoms with Crippen LogP contribution in [0.15, 0.2) is 6.07 Å². The molecular formula is C31H51N5O2. The van der Waals surface area contributed by atoms with Crippen molar-refractivity contribution in [3.63, 3.8) is 0 Å². The van der Waals surface area contributed by atoms with Crippen LogP contribution in [0.25, 0.3) is 0 Å². The summed E-state index contributed by atoms with van der Waals surface area (Å²) in [5.74, 6) is 3.88. The smallest absolute Gasteiger partial charge is 0.223 e. The Balaban J connectivity index is 1.04. The highest BCUT2D eigenvalue weighted by atomic mass is 16.3. The Hall–Kier alpha value is -1.73. The Morgan fingerprint density at radius 1 is 0.947 bits per heavy atom. The lowest BCUT2D eigenvalue weighted by Crippen LogP contribution is -2.47. The van der Waals surface area contributed by atoms with E-state index in [1.165, 1.54) is 50.8 Å². The molecule has 3 aliphatic carbocycles. The van der Waals surface area contributed by atoms with Crippen molar-refractivity contribution in [1.29, 1.82) is 0 Å². The molecule has 212 valence electrons. The van der Waals surface area contributed by atoms with Gasteiger partial charge in [0.05, 0.1) is 6.10 Å². The molecular weight excluding hydrogens is 474 g/mol. The van der Waals surface area contributed by atoms with E-state index in [0.717, 1.165) is 82.3 Å². The van der Waals surface area contributed by atoms with Crippen molar-refractivity contribution < 1.29 is 9.90 Å². The largest absolute Gasteiger partial charge is 0.393 e. The lowest BCUT2D eigenvalue weighted by Gasteiger charge is -2.37. The number of hydrogen-bond donors (Lipinski definition) is 2. The lowest BCUT2D eigenvalue weighted by atomic mass is 9.82. The highest BCUT2D eigenvalue weighted by molar-refractivity contribution is 5.79. The van der Waals surface area contributed by atoms with Gasteiger partial charge in [-0.15, -0.1) is 0 Å². The molecule has 0 spiro atoms. The van der Waals surface area contributed by atoms with Gasteiger partial charge in [0.15, 0.2) is 0 Å². The molecule has 7 nitrogen and oxygen atoms in total. The Bertz CT molecular complexity index is 919. The number of piperazine rings is 1. The molecule has 1 saturated heterocycles. The molecule has 0 radical (unpaired) electrons. The minimum atomic E-state index is -0.198. The topological polar surface area (TPSA) is 81.6 Å². The maximum Gasteiger partial charge on any atom is 0.223 e. The Morgan fingerprint density at radius 3 is 2.24 bits per heavy atom. The number of aromatic nitrogens is 2. The fourth-order valence-corrected chi connectivity index (χ4v) is 6.68. The van der Waals surface area contributed by atoms with Gasteiger partial charge in [-0.2, -0.15) is 0 Å². The van der Waals surface area contributed by atoms with Crippen LogP contribution < -0.4 is 10.2 Å². The summed E-state index contributed by atoms with van der Waals surface area (Å²) in [6.07, 6.45) is 12.9. The monoisotopic (exact) mass is 525 g/mol. The van der Waals surface area contributed by atoms with Crippen LogP contribution in [0.3, 0.4) is 0 Å². The highest BCUT2D eigenvalue weighted by Crippen LogP contribution is 2.37. The van der Waals surface area contributed by atoms with Crippen LogP contribution in [0, 0.1) is 11.8 Å². The lowest BCUT2D eigenvalue weighted by molar-refractivity contribution is -0.127. The summed E-state index contributed by atoms with van der Waals surface area (Å²) in [7, 11) is 0. The minimum absolute atomic E-state index is 0.0302. The number of carbonyl (C=O) groups is 1. The fraction of sp³-hybridized carbons (Fsp3) is 0.839. The van der Waals surface area contributed by atoms with Crippen molar-refractivity contribution in [3.8, 4) is 0 Å². The Kier molecular flexibility index (Phi) is 8.93. The summed E-state index contributed by atoms with van der Waals surface area (Å²) in [5, 5.41) is 13.0. The maximum atomic E-state index is 12.6. The molecule has 1 aromatic rings. The molecule has 38 heavy (non-hydrogen) atoms. The molecule has 0 aromatic carbocycles. The predicted molar refractivity (Wildman–Crippen MR) is 152 cm³/mol. The zero-order chi connectivity index (χ0) is 26.7. The first-order valence-corrected chi connectivity index (χ1v) is 15.6. The molecule has 3 saturated carbocycles. The van der Waals surface area contributed by atoms with E-state index in [-0.39, 0.29) is 23.3 Å². The quantitative estimate of drug-likeness (QED) is 0.533. The van der Waals surface area contributed by atoms with Crippen LogP contribution in [0.1, 0.15) is 115 Å². The van der Waals surface area contributed by atoms with E-state index in [2.05, 4.69) is 42.0 Å². The van der Waals surface area contributed by atoms with Crippen LogP contribution in [-0.4, -0.2) is 70.8 Å². The molecule has 5 rings (SSSR count). The first kappa shape index (κ1) is 27.8. The first-order valence-electron chi connectivity index (χ1n) is 15.6. The van der Waals surface area contributed by atoms with Crippen molar-refractivity contribution in [2.45, 2.75) is 121 Å². The van der Waals surface area contributed by atoms with E-state index in [1.54, 1.807) is 0 Å². The zero-order valence-electron chi connectivity index (χ0n) is 24.1.